The van der Waals surface area contributed by atoms with Gasteiger partial charge in [0.1, 0.15) is 12.2 Å². The second kappa shape index (κ2) is 8.74. The third-order valence-electron chi connectivity index (χ3n) is 5.46. The Morgan fingerprint density at radius 3 is 2.81 bits per heavy atom. The van der Waals surface area contributed by atoms with Gasteiger partial charge in [0.2, 0.25) is 5.91 Å². The monoisotopic (exact) mass is 451 g/mol. The van der Waals surface area contributed by atoms with E-state index in [9.17, 15) is 18.0 Å². The van der Waals surface area contributed by atoms with Gasteiger partial charge in [0.15, 0.2) is 0 Å². The second-order valence-electron chi connectivity index (χ2n) is 7.69. The smallest absolute Gasteiger partial charge is 0.380 e. The topological polar surface area (TPSA) is 82.7 Å². The first-order valence-electron chi connectivity index (χ1n) is 9.99. The Morgan fingerprint density at radius 1 is 1.19 bits per heavy atom. The summed E-state index contributed by atoms with van der Waals surface area (Å²) in [5, 5.41) is 6.71. The average molecular weight is 452 g/mol. The van der Waals surface area contributed by atoms with E-state index in [1.54, 1.807) is 18.6 Å². The molecule has 1 aliphatic carbocycles. The first-order valence-corrected chi connectivity index (χ1v) is 10.4. The molecule has 1 aliphatic rings. The molecule has 3 heterocycles. The van der Waals surface area contributed by atoms with Gasteiger partial charge in [-0.2, -0.15) is 13.2 Å². The number of carbonyl (C=O) groups excluding carboxylic acids is 1. The zero-order valence-corrected chi connectivity index (χ0v) is 17.2. The van der Waals surface area contributed by atoms with Crippen LogP contribution in [0.25, 0.3) is 22.2 Å². The molecule has 0 aromatic carbocycles. The maximum absolute atomic E-state index is 12.5. The van der Waals surface area contributed by atoms with Gasteiger partial charge >= 0.3 is 6.18 Å². The highest BCUT2D eigenvalue weighted by Crippen LogP contribution is 2.32. The van der Waals surface area contributed by atoms with Crippen molar-refractivity contribution in [3.8, 4) is 11.1 Å². The second-order valence-corrected chi connectivity index (χ2v) is 8.13. The van der Waals surface area contributed by atoms with E-state index >= 15 is 0 Å². The number of aromatic amines is 1. The molecule has 4 rings (SSSR count). The average Bonchev–Trinajstić information content (AvgIpc) is 3.15. The SMILES string of the molecule is O=C(NCC(F)(F)F)C1CCCC[C@H]1Nc1cncc(-c2c[nH]c3ncc(Cl)cc23)c1. The molecule has 0 bridgehead atoms. The largest absolute Gasteiger partial charge is 0.405 e. The first kappa shape index (κ1) is 21.4. The normalized spacial score (nSPS) is 19.4. The molecule has 3 N–H and O–H groups in total. The van der Waals surface area contributed by atoms with Crippen LogP contribution < -0.4 is 10.6 Å². The molecule has 0 radical (unpaired) electrons. The number of nitrogens with one attached hydrogen (secondary N) is 3. The maximum Gasteiger partial charge on any atom is 0.405 e. The summed E-state index contributed by atoms with van der Waals surface area (Å²) in [7, 11) is 0. The number of anilines is 1. The Kier molecular flexibility index (Phi) is 6.04. The molecule has 0 spiro atoms. The third kappa shape index (κ3) is 5.10. The summed E-state index contributed by atoms with van der Waals surface area (Å²) in [6.45, 7) is -1.32. The maximum atomic E-state index is 12.5. The molecular formula is C21H21ClF3N5O. The first-order chi connectivity index (χ1) is 14.8. The minimum Gasteiger partial charge on any atom is -0.380 e. The molecule has 1 unspecified atom stereocenters. The number of H-pyrrole nitrogens is 1. The van der Waals surface area contributed by atoms with Crippen LogP contribution in [0.4, 0.5) is 18.9 Å². The zero-order valence-electron chi connectivity index (χ0n) is 16.5. The molecule has 1 fully saturated rings. The molecule has 31 heavy (non-hydrogen) atoms. The fourth-order valence-corrected chi connectivity index (χ4v) is 4.19. The van der Waals surface area contributed by atoms with Crippen molar-refractivity contribution < 1.29 is 18.0 Å². The predicted octanol–water partition coefficient (Wildman–Crippen LogP) is 4.93. The Labute approximate surface area is 181 Å². The van der Waals surface area contributed by atoms with Crippen molar-refractivity contribution in [1.29, 1.82) is 0 Å². The number of aromatic nitrogens is 3. The number of amides is 1. The third-order valence-corrected chi connectivity index (χ3v) is 5.67. The number of nitrogens with zero attached hydrogens (tertiary/aromatic N) is 2. The molecule has 3 aromatic heterocycles. The van der Waals surface area contributed by atoms with Crippen molar-refractivity contribution in [3.05, 3.63) is 41.9 Å². The van der Waals surface area contributed by atoms with E-state index in [0.717, 1.165) is 29.4 Å². The Morgan fingerprint density at radius 2 is 2.00 bits per heavy atom. The van der Waals surface area contributed by atoms with E-state index in [1.807, 2.05) is 23.6 Å². The summed E-state index contributed by atoms with van der Waals surface area (Å²) in [6, 6.07) is 3.45. The van der Waals surface area contributed by atoms with Crippen molar-refractivity contribution >= 4 is 34.2 Å². The lowest BCUT2D eigenvalue weighted by Gasteiger charge is -2.32. The fourth-order valence-electron chi connectivity index (χ4n) is 4.03. The van der Waals surface area contributed by atoms with E-state index in [1.165, 1.54) is 0 Å². The van der Waals surface area contributed by atoms with Gasteiger partial charge in [-0.15, -0.1) is 0 Å². The van der Waals surface area contributed by atoms with E-state index in [2.05, 4.69) is 20.3 Å². The fraction of sp³-hybridized carbons (Fsp3) is 0.381. The van der Waals surface area contributed by atoms with E-state index in [4.69, 9.17) is 11.6 Å². The van der Waals surface area contributed by atoms with Gasteiger partial charge in [0, 0.05) is 47.3 Å². The van der Waals surface area contributed by atoms with Gasteiger partial charge in [-0.05, 0) is 25.0 Å². The standard InChI is InChI=1S/C21H21ClF3N5O/c22-13-6-16-17(10-28-19(16)27-8-13)12-5-14(9-26-7-12)30-18-4-2-1-3-15(18)20(31)29-11-21(23,24)25/h5-10,15,18,30H,1-4,11H2,(H,27,28)(H,29,31)/t15?,18-/m1/s1. The number of halogens is 4. The quantitative estimate of drug-likeness (QED) is 0.513. The lowest BCUT2D eigenvalue weighted by atomic mass is 9.83. The molecule has 1 saturated carbocycles. The van der Waals surface area contributed by atoms with Crippen LogP contribution in [-0.2, 0) is 4.79 Å². The highest BCUT2D eigenvalue weighted by Gasteiger charge is 2.34. The van der Waals surface area contributed by atoms with E-state index in [-0.39, 0.29) is 6.04 Å². The number of hydrogen-bond acceptors (Lipinski definition) is 4. The molecule has 0 aliphatic heterocycles. The predicted molar refractivity (Wildman–Crippen MR) is 113 cm³/mol. The van der Waals surface area contributed by atoms with Gasteiger partial charge in [0.25, 0.3) is 0 Å². The van der Waals surface area contributed by atoms with Gasteiger partial charge in [-0.3, -0.25) is 9.78 Å². The molecule has 10 heteroatoms. The zero-order chi connectivity index (χ0) is 22.0. The van der Waals surface area contributed by atoms with Crippen molar-refractivity contribution in [3.63, 3.8) is 0 Å². The van der Waals surface area contributed by atoms with Crippen LogP contribution in [0, 0.1) is 5.92 Å². The van der Waals surface area contributed by atoms with Gasteiger partial charge < -0.3 is 15.6 Å². The molecule has 2 atom stereocenters. The van der Waals surface area contributed by atoms with Gasteiger partial charge in [-0.1, -0.05) is 24.4 Å². The number of hydrogen-bond donors (Lipinski definition) is 3. The molecule has 0 saturated heterocycles. The van der Waals surface area contributed by atoms with Crippen LogP contribution in [0.3, 0.4) is 0 Å². The van der Waals surface area contributed by atoms with Crippen LogP contribution in [0.5, 0.6) is 0 Å². The van der Waals surface area contributed by atoms with Crippen LogP contribution in [-0.4, -0.2) is 39.6 Å². The van der Waals surface area contributed by atoms with Crippen LogP contribution in [0.1, 0.15) is 25.7 Å². The summed E-state index contributed by atoms with van der Waals surface area (Å²) < 4.78 is 37.5. The minimum absolute atomic E-state index is 0.266. The lowest BCUT2D eigenvalue weighted by Crippen LogP contribution is -2.45. The number of alkyl halides is 3. The van der Waals surface area contributed by atoms with Gasteiger partial charge in [-0.25, -0.2) is 4.98 Å². The summed E-state index contributed by atoms with van der Waals surface area (Å²) in [4.78, 5) is 24.0. The van der Waals surface area contributed by atoms with E-state index < -0.39 is 24.5 Å². The van der Waals surface area contributed by atoms with Crippen LogP contribution >= 0.6 is 11.6 Å². The van der Waals surface area contributed by atoms with Crippen molar-refractivity contribution in [1.82, 2.24) is 20.3 Å². The summed E-state index contributed by atoms with van der Waals surface area (Å²) in [5.41, 5.74) is 3.10. The number of carbonyl (C=O) groups is 1. The summed E-state index contributed by atoms with van der Waals surface area (Å²) in [6.07, 6.45) is 5.26. The van der Waals surface area contributed by atoms with Crippen molar-refractivity contribution in [2.24, 2.45) is 5.92 Å². The highest BCUT2D eigenvalue weighted by molar-refractivity contribution is 6.31. The van der Waals surface area contributed by atoms with Crippen LogP contribution in [0.2, 0.25) is 5.02 Å². The summed E-state index contributed by atoms with van der Waals surface area (Å²) >= 11 is 6.08. The van der Waals surface area contributed by atoms with Crippen molar-refractivity contribution in [2.45, 2.75) is 37.9 Å². The highest BCUT2D eigenvalue weighted by atomic mass is 35.5. The van der Waals surface area contributed by atoms with Gasteiger partial charge in [0.05, 0.1) is 16.6 Å². The molecule has 6 nitrogen and oxygen atoms in total. The Bertz CT molecular complexity index is 1080. The number of pyridine rings is 2. The molecule has 3 aromatic rings. The number of rotatable bonds is 5. The lowest BCUT2D eigenvalue weighted by molar-refractivity contribution is -0.141. The molecule has 1 amide bonds. The Balaban J connectivity index is 1.53. The Hall–Kier alpha value is -2.81. The van der Waals surface area contributed by atoms with E-state index in [0.29, 0.717) is 29.2 Å². The van der Waals surface area contributed by atoms with Crippen molar-refractivity contribution in [2.75, 3.05) is 11.9 Å². The number of fused-ring (bicyclic) bond motifs is 1. The molecule has 164 valence electrons. The van der Waals surface area contributed by atoms with Crippen LogP contribution in [0.15, 0.2) is 36.9 Å². The minimum atomic E-state index is -4.43. The summed E-state index contributed by atoms with van der Waals surface area (Å²) in [5.74, 6) is -1.10. The molecular weight excluding hydrogens is 431 g/mol.